The maximum Gasteiger partial charge on any atom is 0.245 e. The summed E-state index contributed by atoms with van der Waals surface area (Å²) in [4.78, 5) is 0.218. The average molecular weight is 400 g/mol. The van der Waals surface area contributed by atoms with Gasteiger partial charge in [-0.15, -0.1) is 0 Å². The van der Waals surface area contributed by atoms with E-state index in [0.717, 1.165) is 12.8 Å². The van der Waals surface area contributed by atoms with E-state index in [0.29, 0.717) is 21.2 Å². The van der Waals surface area contributed by atoms with E-state index in [1.807, 2.05) is 6.92 Å². The number of sulfonamides is 1. The molecule has 1 rings (SSSR count). The zero-order valence-corrected chi connectivity index (χ0v) is 14.3. The number of rotatable bonds is 5. The van der Waals surface area contributed by atoms with Crippen molar-refractivity contribution in [3.8, 4) is 0 Å². The second kappa shape index (κ2) is 6.36. The summed E-state index contributed by atoms with van der Waals surface area (Å²) in [5.74, 6) is 0. The van der Waals surface area contributed by atoms with Gasteiger partial charge in [0.25, 0.3) is 0 Å². The van der Waals surface area contributed by atoms with E-state index in [9.17, 15) is 8.42 Å². The number of nitrogens with two attached hydrogens (primary N) is 1. The van der Waals surface area contributed by atoms with E-state index in [-0.39, 0.29) is 4.90 Å². The minimum Gasteiger partial charge on any atom is -0.399 e. The van der Waals surface area contributed by atoms with E-state index in [2.05, 4.69) is 31.9 Å². The van der Waals surface area contributed by atoms with Crippen LogP contribution in [0.4, 0.5) is 5.69 Å². The molecule has 0 heterocycles. The van der Waals surface area contributed by atoms with Gasteiger partial charge >= 0.3 is 0 Å². The lowest BCUT2D eigenvalue weighted by atomic mass is 10.3. The topological polar surface area (TPSA) is 63.4 Å². The number of hydrogen-bond acceptors (Lipinski definition) is 3. The molecule has 0 aromatic heterocycles. The first-order valence-electron chi connectivity index (χ1n) is 5.51. The van der Waals surface area contributed by atoms with Crippen molar-refractivity contribution in [2.45, 2.75) is 24.7 Å². The first-order chi connectivity index (χ1) is 8.30. The van der Waals surface area contributed by atoms with Crippen molar-refractivity contribution < 1.29 is 8.42 Å². The molecule has 0 bridgehead atoms. The molecule has 0 unspecified atom stereocenters. The van der Waals surface area contributed by atoms with E-state index in [4.69, 9.17) is 5.73 Å². The van der Waals surface area contributed by atoms with Crippen molar-refractivity contribution in [3.05, 3.63) is 21.1 Å². The molecule has 18 heavy (non-hydrogen) atoms. The van der Waals surface area contributed by atoms with E-state index < -0.39 is 10.0 Å². The van der Waals surface area contributed by atoms with Gasteiger partial charge < -0.3 is 5.73 Å². The second-order valence-electron chi connectivity index (χ2n) is 3.99. The van der Waals surface area contributed by atoms with Gasteiger partial charge in [0, 0.05) is 28.2 Å². The third-order valence-corrected chi connectivity index (χ3v) is 6.25. The highest BCUT2D eigenvalue weighted by Gasteiger charge is 2.25. The SMILES string of the molecule is CCCCN(C)S(=O)(=O)c1c(Br)cc(N)cc1Br. The number of unbranched alkanes of at least 4 members (excludes halogenated alkanes) is 1. The lowest BCUT2D eigenvalue weighted by Crippen LogP contribution is -2.28. The van der Waals surface area contributed by atoms with Gasteiger partial charge in [0.1, 0.15) is 4.90 Å². The first kappa shape index (κ1) is 15.9. The Labute approximate surface area is 125 Å². The van der Waals surface area contributed by atoms with Crippen molar-refractivity contribution in [1.82, 2.24) is 4.31 Å². The minimum atomic E-state index is -3.51. The van der Waals surface area contributed by atoms with Crippen molar-refractivity contribution in [1.29, 1.82) is 0 Å². The largest absolute Gasteiger partial charge is 0.399 e. The fourth-order valence-electron chi connectivity index (χ4n) is 1.48. The molecule has 0 aliphatic heterocycles. The molecule has 1 aromatic carbocycles. The maximum atomic E-state index is 12.4. The van der Waals surface area contributed by atoms with Gasteiger partial charge in [0.05, 0.1) is 0 Å². The Morgan fingerprint density at radius 3 is 2.22 bits per heavy atom. The third kappa shape index (κ3) is 3.46. The smallest absolute Gasteiger partial charge is 0.245 e. The van der Waals surface area contributed by atoms with Crippen LogP contribution in [0, 0.1) is 0 Å². The Morgan fingerprint density at radius 1 is 1.28 bits per heavy atom. The summed E-state index contributed by atoms with van der Waals surface area (Å²) in [6.45, 7) is 2.53. The zero-order chi connectivity index (χ0) is 13.9. The van der Waals surface area contributed by atoms with E-state index in [1.54, 1.807) is 19.2 Å². The lowest BCUT2D eigenvalue weighted by Gasteiger charge is -2.19. The van der Waals surface area contributed by atoms with Gasteiger partial charge in [0.2, 0.25) is 10.0 Å². The summed E-state index contributed by atoms with van der Waals surface area (Å²) < 4.78 is 27.1. The molecule has 0 aliphatic rings. The summed E-state index contributed by atoms with van der Waals surface area (Å²) in [5, 5.41) is 0. The molecule has 0 radical (unpaired) electrons. The molecular formula is C11H16Br2N2O2S. The Morgan fingerprint density at radius 2 is 1.78 bits per heavy atom. The average Bonchev–Trinajstić information content (AvgIpc) is 2.23. The van der Waals surface area contributed by atoms with Crippen LogP contribution in [0.1, 0.15) is 19.8 Å². The molecule has 102 valence electrons. The Balaban J connectivity index is 3.20. The predicted molar refractivity (Wildman–Crippen MR) is 81.0 cm³/mol. The Bertz CT molecular complexity index is 509. The van der Waals surface area contributed by atoms with Crippen molar-refractivity contribution >= 4 is 47.6 Å². The summed E-state index contributed by atoms with van der Waals surface area (Å²) in [7, 11) is -1.92. The quantitative estimate of drug-likeness (QED) is 0.773. The number of nitrogens with zero attached hydrogens (tertiary/aromatic N) is 1. The molecule has 0 fully saturated rings. The third-order valence-electron chi connectivity index (χ3n) is 2.52. The van der Waals surface area contributed by atoms with Crippen LogP contribution < -0.4 is 5.73 Å². The second-order valence-corrected chi connectivity index (χ2v) is 7.68. The van der Waals surface area contributed by atoms with Crippen molar-refractivity contribution in [3.63, 3.8) is 0 Å². The molecule has 4 nitrogen and oxygen atoms in total. The molecule has 0 atom stereocenters. The highest BCUT2D eigenvalue weighted by Crippen LogP contribution is 2.34. The van der Waals surface area contributed by atoms with Crippen LogP contribution in [0.2, 0.25) is 0 Å². The molecule has 7 heteroatoms. The highest BCUT2D eigenvalue weighted by molar-refractivity contribution is 9.11. The molecule has 1 aromatic rings. The molecule has 2 N–H and O–H groups in total. The van der Waals surface area contributed by atoms with Gasteiger partial charge in [-0.2, -0.15) is 0 Å². The standard InChI is InChI=1S/C11H16Br2N2O2S/c1-3-4-5-15(2)18(16,17)11-9(12)6-8(14)7-10(11)13/h6-7H,3-5,14H2,1-2H3. The molecule has 0 saturated heterocycles. The molecule has 0 aliphatic carbocycles. The Hall–Kier alpha value is -0.110. The predicted octanol–water partition coefficient (Wildman–Crippen LogP) is 3.21. The first-order valence-corrected chi connectivity index (χ1v) is 8.54. The van der Waals surface area contributed by atoms with Crippen molar-refractivity contribution in [2.24, 2.45) is 0 Å². The molecular weight excluding hydrogens is 384 g/mol. The van der Waals surface area contributed by atoms with Crippen molar-refractivity contribution in [2.75, 3.05) is 19.3 Å². The number of halogens is 2. The summed E-state index contributed by atoms with van der Waals surface area (Å²) in [6, 6.07) is 3.18. The van der Waals surface area contributed by atoms with Gasteiger partial charge in [-0.3, -0.25) is 0 Å². The molecule has 0 saturated carbocycles. The monoisotopic (exact) mass is 398 g/mol. The maximum absolute atomic E-state index is 12.4. The minimum absolute atomic E-state index is 0.218. The summed E-state index contributed by atoms with van der Waals surface area (Å²) in [6.07, 6.45) is 1.78. The van der Waals surface area contributed by atoms with Crippen LogP contribution in [0.25, 0.3) is 0 Å². The van der Waals surface area contributed by atoms with Crippen LogP contribution in [0.5, 0.6) is 0 Å². The number of nitrogen functional groups attached to an aromatic ring is 1. The normalized spacial score (nSPS) is 12.1. The van der Waals surface area contributed by atoms with E-state index in [1.165, 1.54) is 4.31 Å². The van der Waals surface area contributed by atoms with Crippen LogP contribution in [-0.4, -0.2) is 26.3 Å². The van der Waals surface area contributed by atoms with Crippen LogP contribution in [0.3, 0.4) is 0 Å². The number of hydrogen-bond donors (Lipinski definition) is 1. The Kier molecular flexibility index (Phi) is 5.64. The number of anilines is 1. The van der Waals surface area contributed by atoms with Gasteiger partial charge in [-0.25, -0.2) is 12.7 Å². The van der Waals surface area contributed by atoms with Crippen LogP contribution in [0.15, 0.2) is 26.0 Å². The van der Waals surface area contributed by atoms with Gasteiger partial charge in [-0.1, -0.05) is 13.3 Å². The zero-order valence-electron chi connectivity index (χ0n) is 10.3. The molecule has 0 spiro atoms. The number of benzene rings is 1. The lowest BCUT2D eigenvalue weighted by molar-refractivity contribution is 0.458. The summed E-state index contributed by atoms with van der Waals surface area (Å²) in [5.41, 5.74) is 6.16. The van der Waals surface area contributed by atoms with Crippen LogP contribution in [-0.2, 0) is 10.0 Å². The van der Waals surface area contributed by atoms with Gasteiger partial charge in [-0.05, 0) is 50.4 Å². The fraction of sp³-hybridized carbons (Fsp3) is 0.455. The van der Waals surface area contributed by atoms with E-state index >= 15 is 0 Å². The molecule has 0 amide bonds. The highest BCUT2D eigenvalue weighted by atomic mass is 79.9. The summed E-state index contributed by atoms with van der Waals surface area (Å²) >= 11 is 6.51. The van der Waals surface area contributed by atoms with Gasteiger partial charge in [0.15, 0.2) is 0 Å². The van der Waals surface area contributed by atoms with Crippen LogP contribution >= 0.6 is 31.9 Å². The fourth-order valence-corrected chi connectivity index (χ4v) is 5.22.